The van der Waals surface area contributed by atoms with Gasteiger partial charge in [0.05, 0.1) is 39.9 Å². The van der Waals surface area contributed by atoms with Gasteiger partial charge in [-0.05, 0) is 40.0 Å². The Morgan fingerprint density at radius 3 is 2.72 bits per heavy atom. The Morgan fingerprint density at radius 1 is 1.36 bits per heavy atom. The van der Waals surface area contributed by atoms with Crippen LogP contribution in [0.1, 0.15) is 29.4 Å². The van der Waals surface area contributed by atoms with Crippen molar-refractivity contribution in [2.45, 2.75) is 26.8 Å². The van der Waals surface area contributed by atoms with Crippen LogP contribution in [0.4, 0.5) is 5.69 Å². The van der Waals surface area contributed by atoms with Crippen LogP contribution in [0.2, 0.25) is 0 Å². The minimum absolute atomic E-state index is 0.0466. The van der Waals surface area contributed by atoms with Crippen LogP contribution < -0.4 is 5.32 Å². The van der Waals surface area contributed by atoms with E-state index in [1.807, 2.05) is 51.0 Å². The summed E-state index contributed by atoms with van der Waals surface area (Å²) < 4.78 is 2.95. The second-order valence-corrected chi connectivity index (χ2v) is 7.39. The number of amides is 1. The first-order chi connectivity index (χ1) is 11.9. The van der Waals surface area contributed by atoms with E-state index >= 15 is 0 Å². The van der Waals surface area contributed by atoms with Crippen molar-refractivity contribution in [3.63, 3.8) is 0 Å². The molecule has 1 N–H and O–H groups in total. The van der Waals surface area contributed by atoms with Gasteiger partial charge < -0.3 is 5.32 Å². The van der Waals surface area contributed by atoms with Crippen LogP contribution in [0, 0.1) is 13.8 Å². The van der Waals surface area contributed by atoms with E-state index in [4.69, 9.17) is 0 Å². The van der Waals surface area contributed by atoms with Crippen molar-refractivity contribution in [1.82, 2.24) is 19.7 Å². The van der Waals surface area contributed by atoms with Gasteiger partial charge >= 0.3 is 0 Å². The van der Waals surface area contributed by atoms with E-state index in [0.717, 1.165) is 27.6 Å². The number of benzene rings is 1. The number of aryl methyl sites for hydroxylation is 2. The van der Waals surface area contributed by atoms with Crippen molar-refractivity contribution < 1.29 is 4.79 Å². The molecule has 25 heavy (non-hydrogen) atoms. The lowest BCUT2D eigenvalue weighted by Gasteiger charge is -2.22. The number of hydrogen-bond acceptors (Lipinski definition) is 5. The Labute approximate surface area is 151 Å². The molecule has 7 heteroatoms. The molecule has 0 aliphatic heterocycles. The van der Waals surface area contributed by atoms with Crippen LogP contribution in [0.25, 0.3) is 10.2 Å². The maximum atomic E-state index is 12.4. The van der Waals surface area contributed by atoms with Gasteiger partial charge in [0.1, 0.15) is 5.01 Å². The maximum Gasteiger partial charge on any atom is 0.238 e. The number of likely N-dealkylation sites (N-methyl/N-ethyl adjacent to an activating group) is 1. The van der Waals surface area contributed by atoms with E-state index in [9.17, 15) is 4.79 Å². The number of aromatic nitrogens is 3. The molecular weight excluding hydrogens is 334 g/mol. The molecular formula is C18H23N5OS. The number of carbonyl (C=O) groups excluding carboxylic acids is 1. The quantitative estimate of drug-likeness (QED) is 0.761. The van der Waals surface area contributed by atoms with E-state index in [-0.39, 0.29) is 11.9 Å². The lowest BCUT2D eigenvalue weighted by molar-refractivity contribution is -0.117. The highest BCUT2D eigenvalue weighted by Crippen LogP contribution is 2.28. The molecule has 132 valence electrons. The Morgan fingerprint density at radius 2 is 2.08 bits per heavy atom. The molecule has 3 rings (SSSR count). The SMILES string of the molecule is Cc1nn(C)c(C)c1NC(=O)CN(C)[C@H](C)c1nc2ccccc2s1. The van der Waals surface area contributed by atoms with Crippen molar-refractivity contribution in [2.24, 2.45) is 7.05 Å². The number of carbonyl (C=O) groups is 1. The highest BCUT2D eigenvalue weighted by atomic mass is 32.1. The van der Waals surface area contributed by atoms with Crippen molar-refractivity contribution in [3.05, 3.63) is 40.7 Å². The lowest BCUT2D eigenvalue weighted by Crippen LogP contribution is -2.32. The minimum atomic E-state index is -0.0466. The predicted molar refractivity (Wildman–Crippen MR) is 102 cm³/mol. The molecule has 2 heterocycles. The first-order valence-corrected chi connectivity index (χ1v) is 9.04. The molecule has 1 atom stereocenters. The van der Waals surface area contributed by atoms with Gasteiger partial charge in [-0.1, -0.05) is 12.1 Å². The standard InChI is InChI=1S/C18H23N5OS/c1-11-17(12(2)23(5)21-11)20-16(24)10-22(4)13(3)18-19-14-8-6-7-9-15(14)25-18/h6-9,13H,10H2,1-5H3,(H,20,24)/t13-/m1/s1. The van der Waals surface area contributed by atoms with E-state index in [1.165, 1.54) is 4.70 Å². The average molecular weight is 357 g/mol. The van der Waals surface area contributed by atoms with Crippen LogP contribution in [0.3, 0.4) is 0 Å². The normalized spacial score (nSPS) is 12.7. The molecule has 2 aromatic heterocycles. The Kier molecular flexibility index (Phi) is 4.87. The number of anilines is 1. The third-order valence-corrected chi connectivity index (χ3v) is 5.70. The third kappa shape index (κ3) is 3.57. The number of nitrogens with one attached hydrogen (secondary N) is 1. The summed E-state index contributed by atoms with van der Waals surface area (Å²) in [6.07, 6.45) is 0. The van der Waals surface area contributed by atoms with Gasteiger partial charge in [-0.15, -0.1) is 11.3 Å². The summed E-state index contributed by atoms with van der Waals surface area (Å²) in [7, 11) is 3.82. The van der Waals surface area contributed by atoms with Gasteiger partial charge in [0.15, 0.2) is 0 Å². The van der Waals surface area contributed by atoms with Crippen molar-refractivity contribution in [1.29, 1.82) is 0 Å². The summed E-state index contributed by atoms with van der Waals surface area (Å²) in [4.78, 5) is 19.1. The lowest BCUT2D eigenvalue weighted by atomic mass is 10.3. The number of hydrogen-bond donors (Lipinski definition) is 1. The summed E-state index contributed by atoms with van der Waals surface area (Å²) in [5.41, 5.74) is 3.59. The van der Waals surface area contributed by atoms with Crippen LogP contribution in [0.5, 0.6) is 0 Å². The second kappa shape index (κ2) is 6.93. The molecule has 1 aromatic carbocycles. The summed E-state index contributed by atoms with van der Waals surface area (Å²) in [5.74, 6) is -0.0466. The number of nitrogens with zero attached hydrogens (tertiary/aromatic N) is 4. The maximum absolute atomic E-state index is 12.4. The van der Waals surface area contributed by atoms with Gasteiger partial charge in [0.2, 0.25) is 5.91 Å². The smallest absolute Gasteiger partial charge is 0.238 e. The molecule has 0 fully saturated rings. The Bertz CT molecular complexity index is 880. The van der Waals surface area contributed by atoms with Crippen LogP contribution >= 0.6 is 11.3 Å². The van der Waals surface area contributed by atoms with Crippen LogP contribution in [0.15, 0.2) is 24.3 Å². The molecule has 3 aromatic rings. The van der Waals surface area contributed by atoms with Crippen LogP contribution in [-0.2, 0) is 11.8 Å². The molecule has 1 amide bonds. The average Bonchev–Trinajstić information content (AvgIpc) is 3.10. The first kappa shape index (κ1) is 17.6. The molecule has 0 aliphatic rings. The van der Waals surface area contributed by atoms with E-state index in [2.05, 4.69) is 28.4 Å². The number of rotatable bonds is 5. The van der Waals surface area contributed by atoms with Gasteiger partial charge in [0.25, 0.3) is 0 Å². The fraction of sp³-hybridized carbons (Fsp3) is 0.389. The van der Waals surface area contributed by atoms with Gasteiger partial charge in [-0.25, -0.2) is 4.98 Å². The van der Waals surface area contributed by atoms with Gasteiger partial charge in [-0.3, -0.25) is 14.4 Å². The van der Waals surface area contributed by atoms with E-state index in [0.29, 0.717) is 6.54 Å². The Balaban J connectivity index is 1.68. The summed E-state index contributed by atoms with van der Waals surface area (Å²) >= 11 is 1.68. The van der Waals surface area contributed by atoms with Crippen molar-refractivity contribution in [2.75, 3.05) is 18.9 Å². The van der Waals surface area contributed by atoms with Gasteiger partial charge in [0, 0.05) is 7.05 Å². The highest BCUT2D eigenvalue weighted by Gasteiger charge is 2.20. The Hall–Kier alpha value is -2.25. The molecule has 0 saturated carbocycles. The molecule has 0 spiro atoms. The van der Waals surface area contributed by atoms with E-state index in [1.54, 1.807) is 16.0 Å². The van der Waals surface area contributed by atoms with Crippen LogP contribution in [-0.4, -0.2) is 39.2 Å². The fourth-order valence-corrected chi connectivity index (χ4v) is 3.84. The van der Waals surface area contributed by atoms with Crippen molar-refractivity contribution >= 4 is 33.1 Å². The van der Waals surface area contributed by atoms with Gasteiger partial charge in [-0.2, -0.15) is 5.10 Å². The number of thiazole rings is 1. The summed E-state index contributed by atoms with van der Waals surface area (Å²) in [5, 5.41) is 8.33. The molecule has 0 unspecified atom stereocenters. The number of fused-ring (bicyclic) bond motifs is 1. The topological polar surface area (TPSA) is 63.1 Å². The number of para-hydroxylation sites is 1. The molecule has 0 saturated heterocycles. The third-order valence-electron chi connectivity index (χ3n) is 4.50. The largest absolute Gasteiger partial charge is 0.322 e. The summed E-state index contributed by atoms with van der Waals surface area (Å²) in [6, 6.07) is 8.17. The molecule has 0 aliphatic carbocycles. The molecule has 0 radical (unpaired) electrons. The summed E-state index contributed by atoms with van der Waals surface area (Å²) in [6.45, 7) is 6.22. The second-order valence-electron chi connectivity index (χ2n) is 6.33. The molecule has 0 bridgehead atoms. The zero-order valence-electron chi connectivity index (χ0n) is 15.2. The predicted octanol–water partition coefficient (Wildman–Crippen LogP) is 3.28. The minimum Gasteiger partial charge on any atom is -0.322 e. The van der Waals surface area contributed by atoms with E-state index < -0.39 is 0 Å². The molecule has 6 nitrogen and oxygen atoms in total. The zero-order chi connectivity index (χ0) is 18.1. The van der Waals surface area contributed by atoms with Crippen molar-refractivity contribution in [3.8, 4) is 0 Å². The fourth-order valence-electron chi connectivity index (χ4n) is 2.75. The zero-order valence-corrected chi connectivity index (χ0v) is 16.0. The monoisotopic (exact) mass is 357 g/mol. The first-order valence-electron chi connectivity index (χ1n) is 8.22. The highest BCUT2D eigenvalue weighted by molar-refractivity contribution is 7.18.